The number of rotatable bonds is 9. The smallest absolute Gasteiger partial charge is 0.490 e. The van der Waals surface area contributed by atoms with Crippen molar-refractivity contribution in [2.24, 2.45) is 0 Å². The number of hydrogen-bond acceptors (Lipinski definition) is 4. The van der Waals surface area contributed by atoms with Crippen molar-refractivity contribution in [3.8, 4) is 17.2 Å². The lowest BCUT2D eigenvalue weighted by molar-refractivity contribution is -0.902. The number of likely N-dealkylation sites (N-methyl/N-ethyl adjacent to an activating group) is 1. The molecule has 0 unspecified atom stereocenters. The molecular formula is C29H32BNO4. The maximum absolute atomic E-state index is 10.0. The molecule has 0 aliphatic rings. The minimum absolute atomic E-state index is 0.00632. The van der Waals surface area contributed by atoms with Crippen LogP contribution in [0.2, 0.25) is 0 Å². The fourth-order valence-electron chi connectivity index (χ4n) is 3.36. The molecular weight excluding hydrogens is 437 g/mol. The molecule has 5 nitrogen and oxygen atoms in total. The summed E-state index contributed by atoms with van der Waals surface area (Å²) < 4.78 is 18.7. The molecule has 0 bridgehead atoms. The van der Waals surface area contributed by atoms with E-state index < -0.39 is 7.32 Å². The van der Waals surface area contributed by atoms with E-state index in [2.05, 4.69) is 6.07 Å². The molecule has 35 heavy (non-hydrogen) atoms. The minimum Gasteiger partial charge on any atom is -0.490 e. The SMILES string of the molecule is C[N+](C)(C)[C@@H](CO)c1ccccc1OB(Oc1ccccc1)Oc1ccccc1.[c-]1ccccc1. The fraction of sp³-hybridized carbons (Fsp3) is 0.172. The maximum Gasteiger partial charge on any atom is 0.864 e. The molecule has 1 atom stereocenters. The summed E-state index contributed by atoms with van der Waals surface area (Å²) in [6.07, 6.45) is 0. The highest BCUT2D eigenvalue weighted by Gasteiger charge is 2.34. The van der Waals surface area contributed by atoms with Crippen molar-refractivity contribution in [1.29, 1.82) is 0 Å². The van der Waals surface area contributed by atoms with Crippen LogP contribution >= 0.6 is 0 Å². The van der Waals surface area contributed by atoms with Gasteiger partial charge in [-0.15, -0.1) is 0 Å². The largest absolute Gasteiger partial charge is 0.864 e. The molecule has 0 aliphatic heterocycles. The predicted octanol–water partition coefficient (Wildman–Crippen LogP) is 5.43. The van der Waals surface area contributed by atoms with E-state index in [1.807, 2.05) is 136 Å². The second-order valence-corrected chi connectivity index (χ2v) is 8.70. The predicted molar refractivity (Wildman–Crippen MR) is 140 cm³/mol. The Bertz CT molecular complexity index is 1040. The average Bonchev–Trinajstić information content (AvgIpc) is 2.87. The number of hydrogen-bond donors (Lipinski definition) is 1. The van der Waals surface area contributed by atoms with Crippen LogP contribution in [-0.2, 0) is 0 Å². The Balaban J connectivity index is 0.000000497. The Morgan fingerprint density at radius 1 is 0.686 bits per heavy atom. The van der Waals surface area contributed by atoms with Crippen molar-refractivity contribution >= 4 is 7.32 Å². The zero-order valence-electron chi connectivity index (χ0n) is 20.5. The zero-order valence-corrected chi connectivity index (χ0v) is 20.5. The van der Waals surface area contributed by atoms with Gasteiger partial charge < -0.3 is 23.6 Å². The number of benzene rings is 4. The molecule has 0 aromatic heterocycles. The first kappa shape index (κ1) is 25.9. The second kappa shape index (κ2) is 13.2. The van der Waals surface area contributed by atoms with E-state index in [-0.39, 0.29) is 12.6 Å². The first-order valence-corrected chi connectivity index (χ1v) is 11.5. The van der Waals surface area contributed by atoms with Gasteiger partial charge in [0, 0.05) is 0 Å². The van der Waals surface area contributed by atoms with Gasteiger partial charge in [0.05, 0.1) is 33.3 Å². The number of aliphatic hydroxyl groups excluding tert-OH is 1. The highest BCUT2D eigenvalue weighted by Crippen LogP contribution is 2.31. The van der Waals surface area contributed by atoms with Gasteiger partial charge in [0.25, 0.3) is 0 Å². The van der Waals surface area contributed by atoms with Gasteiger partial charge in [-0.2, -0.15) is 36.4 Å². The van der Waals surface area contributed by atoms with E-state index in [4.69, 9.17) is 14.0 Å². The highest BCUT2D eigenvalue weighted by atomic mass is 16.7. The Labute approximate surface area is 208 Å². The lowest BCUT2D eigenvalue weighted by Crippen LogP contribution is -2.42. The normalized spacial score (nSPS) is 11.4. The Hall–Kier alpha value is -3.74. The summed E-state index contributed by atoms with van der Waals surface area (Å²) in [4.78, 5) is 0. The van der Waals surface area contributed by atoms with Crippen molar-refractivity contribution in [2.45, 2.75) is 6.04 Å². The van der Waals surface area contributed by atoms with E-state index in [1.54, 1.807) is 0 Å². The molecule has 0 spiro atoms. The number of aliphatic hydroxyl groups is 1. The quantitative estimate of drug-likeness (QED) is 0.202. The molecule has 4 rings (SSSR count). The zero-order chi connectivity index (χ0) is 24.9. The number of nitrogens with zero attached hydrogens (tertiary/aromatic N) is 1. The molecule has 0 saturated carbocycles. The van der Waals surface area contributed by atoms with Crippen LogP contribution in [-0.4, -0.2) is 44.7 Å². The standard InChI is InChI=1S/C23H27BNO4.C6H5/c1-25(2,3)22(18-26)21-16-10-11-17-23(21)29-24(27-19-12-6-4-7-13-19)28-20-14-8-5-9-15-20;1-2-4-6-5-3-1/h4-17,22,26H,18H2,1-3H3;1-5H/q+1;-1/t22-;/m0./s1. The summed E-state index contributed by atoms with van der Waals surface area (Å²) in [5.41, 5.74) is 0.890. The van der Waals surface area contributed by atoms with E-state index in [0.717, 1.165) is 5.56 Å². The molecule has 4 aromatic carbocycles. The molecule has 6 heteroatoms. The van der Waals surface area contributed by atoms with Gasteiger partial charge in [0.2, 0.25) is 0 Å². The van der Waals surface area contributed by atoms with Gasteiger partial charge in [-0.05, 0) is 36.4 Å². The first-order valence-electron chi connectivity index (χ1n) is 11.5. The van der Waals surface area contributed by atoms with E-state index in [0.29, 0.717) is 21.7 Å². The lowest BCUT2D eigenvalue weighted by atomic mass is 10.0. The van der Waals surface area contributed by atoms with Gasteiger partial charge in [-0.3, -0.25) is 0 Å². The molecule has 0 saturated heterocycles. The van der Waals surface area contributed by atoms with E-state index in [9.17, 15) is 5.11 Å². The summed E-state index contributed by atoms with van der Waals surface area (Å²) in [6.45, 7) is -0.00632. The maximum atomic E-state index is 10.0. The summed E-state index contributed by atoms with van der Waals surface area (Å²) >= 11 is 0. The molecule has 1 N–H and O–H groups in total. The van der Waals surface area contributed by atoms with Crippen molar-refractivity contribution < 1.29 is 23.6 Å². The molecule has 0 amide bonds. The summed E-state index contributed by atoms with van der Waals surface area (Å²) in [7, 11) is 5.12. The van der Waals surface area contributed by atoms with Crippen LogP contribution in [0.3, 0.4) is 0 Å². The number of quaternary nitrogens is 1. The Morgan fingerprint density at radius 3 is 1.60 bits per heavy atom. The number of para-hydroxylation sites is 3. The van der Waals surface area contributed by atoms with Crippen molar-refractivity contribution in [3.05, 3.63) is 127 Å². The third kappa shape index (κ3) is 8.52. The van der Waals surface area contributed by atoms with Crippen molar-refractivity contribution in [3.63, 3.8) is 0 Å². The van der Waals surface area contributed by atoms with Gasteiger partial charge >= 0.3 is 7.32 Å². The van der Waals surface area contributed by atoms with Gasteiger partial charge in [-0.25, -0.2) is 0 Å². The van der Waals surface area contributed by atoms with Crippen LogP contribution in [0, 0.1) is 6.07 Å². The minimum atomic E-state index is -0.993. The molecule has 0 radical (unpaired) electrons. The summed E-state index contributed by atoms with van der Waals surface area (Å²) in [5, 5.41) is 10.0. The van der Waals surface area contributed by atoms with Crippen molar-refractivity contribution in [2.75, 3.05) is 27.7 Å². The summed E-state index contributed by atoms with van der Waals surface area (Å²) in [6, 6.07) is 38.8. The fourth-order valence-corrected chi connectivity index (χ4v) is 3.36. The second-order valence-electron chi connectivity index (χ2n) is 8.70. The molecule has 0 heterocycles. The third-order valence-corrected chi connectivity index (χ3v) is 5.17. The van der Waals surface area contributed by atoms with Crippen molar-refractivity contribution in [1.82, 2.24) is 0 Å². The highest BCUT2D eigenvalue weighted by molar-refractivity contribution is 6.39. The first-order chi connectivity index (χ1) is 17.0. The van der Waals surface area contributed by atoms with Crippen LogP contribution < -0.4 is 14.0 Å². The van der Waals surface area contributed by atoms with Gasteiger partial charge in [0.15, 0.2) is 0 Å². The molecule has 4 aromatic rings. The Morgan fingerprint density at radius 2 is 1.17 bits per heavy atom. The van der Waals surface area contributed by atoms with Crippen LogP contribution in [0.15, 0.2) is 115 Å². The topological polar surface area (TPSA) is 47.9 Å². The van der Waals surface area contributed by atoms with Gasteiger partial charge in [-0.1, -0.05) is 48.5 Å². The average molecular weight is 469 g/mol. The molecule has 0 fully saturated rings. The lowest BCUT2D eigenvalue weighted by Gasteiger charge is -2.34. The third-order valence-electron chi connectivity index (χ3n) is 5.17. The van der Waals surface area contributed by atoms with E-state index >= 15 is 0 Å². The van der Waals surface area contributed by atoms with E-state index in [1.165, 1.54) is 0 Å². The van der Waals surface area contributed by atoms with Crippen LogP contribution in [0.4, 0.5) is 0 Å². The monoisotopic (exact) mass is 469 g/mol. The molecule has 0 aliphatic carbocycles. The van der Waals surface area contributed by atoms with Crippen LogP contribution in [0.1, 0.15) is 11.6 Å². The van der Waals surface area contributed by atoms with Gasteiger partial charge in [0.1, 0.15) is 23.3 Å². The van der Waals surface area contributed by atoms with Crippen LogP contribution in [0.5, 0.6) is 17.2 Å². The summed E-state index contributed by atoms with van der Waals surface area (Å²) in [5.74, 6) is 1.88. The molecule has 180 valence electrons. The van der Waals surface area contributed by atoms with Crippen LogP contribution in [0.25, 0.3) is 0 Å². The Kier molecular flexibility index (Phi) is 9.78.